The third-order valence-corrected chi connectivity index (χ3v) is 5.64. The molecule has 7 nitrogen and oxygen atoms in total. The fourth-order valence-corrected chi connectivity index (χ4v) is 4.08. The molecule has 25 heavy (non-hydrogen) atoms. The van der Waals surface area contributed by atoms with E-state index in [1.165, 1.54) is 11.3 Å². The van der Waals surface area contributed by atoms with Crippen LogP contribution in [-0.2, 0) is 13.5 Å². The van der Waals surface area contributed by atoms with E-state index in [2.05, 4.69) is 20.1 Å². The van der Waals surface area contributed by atoms with E-state index in [-0.39, 0.29) is 5.91 Å². The quantitative estimate of drug-likeness (QED) is 0.778. The summed E-state index contributed by atoms with van der Waals surface area (Å²) in [5, 5.41) is 4.99. The van der Waals surface area contributed by atoms with Gasteiger partial charge in [0.1, 0.15) is 15.7 Å². The number of aryl methyl sites for hydroxylation is 1. The minimum absolute atomic E-state index is 0.0871. The van der Waals surface area contributed by atoms with Gasteiger partial charge in [-0.25, -0.2) is 9.97 Å². The van der Waals surface area contributed by atoms with E-state index in [1.807, 2.05) is 24.3 Å². The Morgan fingerprint density at radius 1 is 1.32 bits per heavy atom. The third-order valence-electron chi connectivity index (χ3n) is 4.61. The van der Waals surface area contributed by atoms with Gasteiger partial charge in [0.25, 0.3) is 5.91 Å². The molecule has 1 fully saturated rings. The van der Waals surface area contributed by atoms with Crippen LogP contribution in [0.5, 0.6) is 0 Å². The zero-order valence-electron chi connectivity index (χ0n) is 14.1. The first-order valence-corrected chi connectivity index (χ1v) is 9.23. The number of aromatic nitrogens is 5. The van der Waals surface area contributed by atoms with Crippen LogP contribution in [0.4, 0.5) is 0 Å². The molecule has 0 spiro atoms. The summed E-state index contributed by atoms with van der Waals surface area (Å²) in [5.74, 6) is 1.71. The molecule has 1 amide bonds. The van der Waals surface area contributed by atoms with Crippen molar-refractivity contribution in [3.63, 3.8) is 0 Å². The fraction of sp³-hybridized carbons (Fsp3) is 0.412. The number of H-pyrrole nitrogens is 1. The predicted octanol–water partition coefficient (Wildman–Crippen LogP) is 2.36. The number of nitrogens with zero attached hydrogens (tertiary/aromatic N) is 5. The Morgan fingerprint density at radius 2 is 2.16 bits per heavy atom. The number of amides is 1. The van der Waals surface area contributed by atoms with E-state index in [9.17, 15) is 4.79 Å². The molecule has 1 aliphatic heterocycles. The van der Waals surface area contributed by atoms with E-state index in [0.29, 0.717) is 10.8 Å². The molecule has 0 bridgehead atoms. The zero-order chi connectivity index (χ0) is 17.2. The number of aromatic amines is 1. The smallest absolute Gasteiger partial charge is 0.265 e. The number of carbonyl (C=O) groups is 1. The van der Waals surface area contributed by atoms with Gasteiger partial charge in [-0.2, -0.15) is 5.10 Å². The standard InChI is InChI=1S/C17H20N6OS/c1-22-11-13(9-21-22)16-20-10-14(25-16)17(24)23-6-2-12(3-7-23)8-15-18-4-5-19-15/h4-5,9-12H,2-3,6-8H2,1H3,(H,18,19). The van der Waals surface area contributed by atoms with Crippen molar-refractivity contribution in [2.75, 3.05) is 13.1 Å². The second-order valence-corrected chi connectivity index (χ2v) is 7.44. The van der Waals surface area contributed by atoms with Crippen molar-refractivity contribution in [3.8, 4) is 10.6 Å². The molecule has 130 valence electrons. The summed E-state index contributed by atoms with van der Waals surface area (Å²) in [7, 11) is 1.87. The van der Waals surface area contributed by atoms with Crippen molar-refractivity contribution in [1.82, 2.24) is 29.6 Å². The lowest BCUT2D eigenvalue weighted by molar-refractivity contribution is 0.0694. The molecule has 3 aromatic heterocycles. The maximum atomic E-state index is 12.7. The molecule has 0 saturated carbocycles. The van der Waals surface area contributed by atoms with Gasteiger partial charge in [0.2, 0.25) is 0 Å². The molecule has 1 saturated heterocycles. The van der Waals surface area contributed by atoms with Crippen LogP contribution in [0.3, 0.4) is 0 Å². The second kappa shape index (κ2) is 6.79. The number of hydrogen-bond donors (Lipinski definition) is 1. The van der Waals surface area contributed by atoms with Crippen molar-refractivity contribution in [2.24, 2.45) is 13.0 Å². The largest absolute Gasteiger partial charge is 0.349 e. The fourth-order valence-electron chi connectivity index (χ4n) is 3.22. The van der Waals surface area contributed by atoms with Crippen LogP contribution in [0.25, 0.3) is 10.6 Å². The monoisotopic (exact) mass is 356 g/mol. The summed E-state index contributed by atoms with van der Waals surface area (Å²) >= 11 is 1.43. The first-order valence-electron chi connectivity index (χ1n) is 8.41. The van der Waals surface area contributed by atoms with Crippen molar-refractivity contribution in [3.05, 3.63) is 41.7 Å². The van der Waals surface area contributed by atoms with Gasteiger partial charge >= 0.3 is 0 Å². The van der Waals surface area contributed by atoms with Gasteiger partial charge in [-0.15, -0.1) is 11.3 Å². The van der Waals surface area contributed by atoms with Crippen LogP contribution in [0.15, 0.2) is 31.0 Å². The van der Waals surface area contributed by atoms with E-state index >= 15 is 0 Å². The maximum Gasteiger partial charge on any atom is 0.265 e. The summed E-state index contributed by atoms with van der Waals surface area (Å²) in [4.78, 5) is 27.2. The van der Waals surface area contributed by atoms with Gasteiger partial charge in [0, 0.05) is 50.7 Å². The highest BCUT2D eigenvalue weighted by Crippen LogP contribution is 2.27. The predicted molar refractivity (Wildman–Crippen MR) is 95.2 cm³/mol. The van der Waals surface area contributed by atoms with Crippen LogP contribution >= 0.6 is 11.3 Å². The Morgan fingerprint density at radius 3 is 2.84 bits per heavy atom. The van der Waals surface area contributed by atoms with Crippen molar-refractivity contribution >= 4 is 17.2 Å². The number of hydrogen-bond acceptors (Lipinski definition) is 5. The minimum Gasteiger partial charge on any atom is -0.349 e. The first kappa shape index (κ1) is 16.0. The van der Waals surface area contributed by atoms with Gasteiger partial charge in [0.15, 0.2) is 0 Å². The third kappa shape index (κ3) is 3.48. The molecule has 4 heterocycles. The number of rotatable bonds is 4. The van der Waals surface area contributed by atoms with Gasteiger partial charge in [-0.1, -0.05) is 0 Å². The highest BCUT2D eigenvalue weighted by atomic mass is 32.1. The van der Waals surface area contributed by atoms with E-state index in [4.69, 9.17) is 0 Å². The van der Waals surface area contributed by atoms with Crippen LogP contribution in [-0.4, -0.2) is 48.6 Å². The zero-order valence-corrected chi connectivity index (χ0v) is 14.9. The van der Waals surface area contributed by atoms with Gasteiger partial charge in [-0.3, -0.25) is 9.48 Å². The summed E-state index contributed by atoms with van der Waals surface area (Å²) < 4.78 is 1.74. The molecule has 0 atom stereocenters. The normalized spacial score (nSPS) is 15.6. The van der Waals surface area contributed by atoms with Crippen molar-refractivity contribution < 1.29 is 4.79 Å². The number of nitrogens with one attached hydrogen (secondary N) is 1. The highest BCUT2D eigenvalue weighted by molar-refractivity contribution is 7.16. The Balaban J connectivity index is 1.37. The molecule has 4 rings (SSSR count). The summed E-state index contributed by atoms with van der Waals surface area (Å²) in [5.41, 5.74) is 0.948. The average molecular weight is 356 g/mol. The summed E-state index contributed by atoms with van der Waals surface area (Å²) in [6.45, 7) is 1.59. The van der Waals surface area contributed by atoms with Gasteiger partial charge in [-0.05, 0) is 18.8 Å². The molecule has 0 aromatic carbocycles. The second-order valence-electron chi connectivity index (χ2n) is 6.41. The molecule has 0 unspecified atom stereocenters. The highest BCUT2D eigenvalue weighted by Gasteiger charge is 2.25. The topological polar surface area (TPSA) is 79.7 Å². The molecular formula is C17H20N6OS. The minimum atomic E-state index is 0.0871. The Bertz CT molecular complexity index is 844. The van der Waals surface area contributed by atoms with Crippen molar-refractivity contribution in [2.45, 2.75) is 19.3 Å². The van der Waals surface area contributed by atoms with Crippen LogP contribution in [0, 0.1) is 5.92 Å². The number of carbonyl (C=O) groups excluding carboxylic acids is 1. The van der Waals surface area contributed by atoms with E-state index in [1.54, 1.807) is 23.3 Å². The van der Waals surface area contributed by atoms with E-state index < -0.39 is 0 Å². The molecule has 0 aliphatic carbocycles. The Kier molecular flexibility index (Phi) is 4.35. The SMILES string of the molecule is Cn1cc(-c2ncc(C(=O)N3CCC(Cc4ncc[nH]4)CC3)s2)cn1. The van der Waals surface area contributed by atoms with Crippen LogP contribution < -0.4 is 0 Å². The molecule has 1 N–H and O–H groups in total. The molecular weight excluding hydrogens is 336 g/mol. The van der Waals surface area contributed by atoms with Crippen LogP contribution in [0.1, 0.15) is 28.3 Å². The number of likely N-dealkylation sites (tertiary alicyclic amines) is 1. The average Bonchev–Trinajstić information content (AvgIpc) is 3.36. The van der Waals surface area contributed by atoms with Gasteiger partial charge in [0.05, 0.1) is 12.4 Å². The lowest BCUT2D eigenvalue weighted by Crippen LogP contribution is -2.38. The number of imidazole rings is 1. The Hall–Kier alpha value is -2.48. The molecule has 0 radical (unpaired) electrons. The van der Waals surface area contributed by atoms with Crippen LogP contribution in [0.2, 0.25) is 0 Å². The lowest BCUT2D eigenvalue weighted by atomic mass is 9.93. The van der Waals surface area contributed by atoms with Gasteiger partial charge < -0.3 is 9.88 Å². The number of piperidine rings is 1. The first-order chi connectivity index (χ1) is 12.2. The van der Waals surface area contributed by atoms with E-state index in [0.717, 1.165) is 48.7 Å². The number of thiazole rings is 1. The molecule has 1 aliphatic rings. The van der Waals surface area contributed by atoms with Crippen molar-refractivity contribution in [1.29, 1.82) is 0 Å². The summed E-state index contributed by atoms with van der Waals surface area (Å²) in [6, 6.07) is 0. The Labute approximate surface area is 149 Å². The molecule has 3 aromatic rings. The summed E-state index contributed by atoms with van der Waals surface area (Å²) in [6.07, 6.45) is 12.0. The maximum absolute atomic E-state index is 12.7. The lowest BCUT2D eigenvalue weighted by Gasteiger charge is -2.31. The molecule has 8 heteroatoms.